The number of rotatable bonds is 6. The highest BCUT2D eigenvalue weighted by atomic mass is 32.2. The molecule has 0 bridgehead atoms. The summed E-state index contributed by atoms with van der Waals surface area (Å²) in [6.45, 7) is 12.3. The molecule has 0 saturated carbocycles. The van der Waals surface area contributed by atoms with E-state index >= 15 is 0 Å². The van der Waals surface area contributed by atoms with Crippen LogP contribution in [0.3, 0.4) is 0 Å². The van der Waals surface area contributed by atoms with Crippen molar-refractivity contribution in [2.75, 3.05) is 5.32 Å². The molecule has 35 heavy (non-hydrogen) atoms. The lowest BCUT2D eigenvalue weighted by molar-refractivity contribution is -0.115. The van der Waals surface area contributed by atoms with Crippen molar-refractivity contribution in [3.63, 3.8) is 0 Å². The second kappa shape index (κ2) is 9.70. The van der Waals surface area contributed by atoms with E-state index in [9.17, 15) is 4.79 Å². The van der Waals surface area contributed by atoms with Gasteiger partial charge in [0.25, 0.3) is 0 Å². The average molecular weight is 489 g/mol. The van der Waals surface area contributed by atoms with Crippen molar-refractivity contribution in [2.24, 2.45) is 7.05 Å². The number of anilines is 1. The minimum atomic E-state index is -0.392. The molecule has 7 nitrogen and oxygen atoms in total. The SMILES string of the molecule is Cc1nn(C)c(C)c1NC(=O)C(C)Sc1nnc(-c2ccc(C(C)(C)C)cc2)n1-c1ccccc1. The maximum atomic E-state index is 13.1. The number of benzene rings is 2. The Kier molecular flexibility index (Phi) is 6.85. The van der Waals surface area contributed by atoms with Crippen LogP contribution in [-0.2, 0) is 17.3 Å². The number of carbonyl (C=O) groups excluding carboxylic acids is 1. The number of hydrogen-bond acceptors (Lipinski definition) is 5. The van der Waals surface area contributed by atoms with Gasteiger partial charge in [-0.1, -0.05) is 75.0 Å². The van der Waals surface area contributed by atoms with E-state index in [1.807, 2.05) is 62.7 Å². The van der Waals surface area contributed by atoms with Crippen molar-refractivity contribution >= 4 is 23.4 Å². The Morgan fingerprint density at radius 3 is 2.23 bits per heavy atom. The Hall–Kier alpha value is -3.39. The standard InChI is InChI=1S/C27H32N6OS/c1-17-23(18(2)32(7)31-17)28-25(34)19(3)35-26-30-29-24(33(26)22-11-9-8-10-12-22)20-13-15-21(16-14-20)27(4,5)6/h8-16,19H,1-7H3,(H,28,34). The number of aromatic nitrogens is 5. The van der Waals surface area contributed by atoms with Crippen molar-refractivity contribution in [1.82, 2.24) is 24.5 Å². The van der Waals surface area contributed by atoms with Crippen molar-refractivity contribution in [1.29, 1.82) is 0 Å². The fraction of sp³-hybridized carbons (Fsp3) is 0.333. The van der Waals surface area contributed by atoms with E-state index in [4.69, 9.17) is 0 Å². The van der Waals surface area contributed by atoms with E-state index in [1.54, 1.807) is 4.68 Å². The number of para-hydroxylation sites is 1. The predicted octanol–water partition coefficient (Wildman–Crippen LogP) is 5.70. The Balaban J connectivity index is 1.65. The maximum absolute atomic E-state index is 13.1. The molecule has 1 atom stereocenters. The molecule has 2 aromatic carbocycles. The third-order valence-electron chi connectivity index (χ3n) is 6.07. The molecule has 1 N–H and O–H groups in total. The summed E-state index contributed by atoms with van der Waals surface area (Å²) < 4.78 is 3.78. The Bertz CT molecular complexity index is 1330. The number of nitrogens with one attached hydrogen (secondary N) is 1. The number of amides is 1. The molecule has 182 valence electrons. The summed E-state index contributed by atoms with van der Waals surface area (Å²) in [5.74, 6) is 0.638. The highest BCUT2D eigenvalue weighted by molar-refractivity contribution is 8.00. The van der Waals surface area contributed by atoms with Gasteiger partial charge in [-0.25, -0.2) is 0 Å². The van der Waals surface area contributed by atoms with Gasteiger partial charge < -0.3 is 5.32 Å². The molecule has 2 aromatic heterocycles. The number of carbonyl (C=O) groups is 1. The molecule has 0 spiro atoms. The van der Waals surface area contributed by atoms with Crippen LogP contribution < -0.4 is 5.32 Å². The molecule has 2 heterocycles. The normalized spacial score (nSPS) is 12.5. The molecule has 1 unspecified atom stereocenters. The molecule has 0 fully saturated rings. The summed E-state index contributed by atoms with van der Waals surface area (Å²) in [6, 6.07) is 18.4. The van der Waals surface area contributed by atoms with E-state index in [2.05, 4.69) is 65.6 Å². The molecule has 0 aliphatic rings. The summed E-state index contributed by atoms with van der Waals surface area (Å²) in [4.78, 5) is 13.1. The number of nitrogens with zero attached hydrogens (tertiary/aromatic N) is 5. The average Bonchev–Trinajstić information content (AvgIpc) is 3.34. The molecule has 0 radical (unpaired) electrons. The number of aryl methyl sites for hydroxylation is 2. The summed E-state index contributed by atoms with van der Waals surface area (Å²) >= 11 is 1.38. The van der Waals surface area contributed by atoms with Gasteiger partial charge in [-0.3, -0.25) is 14.0 Å². The minimum Gasteiger partial charge on any atom is -0.322 e. The van der Waals surface area contributed by atoms with Crippen LogP contribution in [0.4, 0.5) is 5.69 Å². The molecule has 4 rings (SSSR count). The van der Waals surface area contributed by atoms with Crippen molar-refractivity contribution in [3.8, 4) is 17.1 Å². The first kappa shape index (κ1) is 24.7. The molecule has 0 aliphatic heterocycles. The zero-order valence-corrected chi connectivity index (χ0v) is 22.1. The monoisotopic (exact) mass is 488 g/mol. The van der Waals surface area contributed by atoms with Crippen molar-refractivity contribution < 1.29 is 4.79 Å². The van der Waals surface area contributed by atoms with Crippen LogP contribution in [0.1, 0.15) is 44.6 Å². The van der Waals surface area contributed by atoms with Gasteiger partial charge in [0.05, 0.1) is 22.3 Å². The zero-order valence-electron chi connectivity index (χ0n) is 21.3. The first-order chi connectivity index (χ1) is 16.6. The summed E-state index contributed by atoms with van der Waals surface area (Å²) in [5.41, 5.74) is 5.72. The first-order valence-electron chi connectivity index (χ1n) is 11.7. The third-order valence-corrected chi connectivity index (χ3v) is 7.11. The first-order valence-corrected chi connectivity index (χ1v) is 12.5. The van der Waals surface area contributed by atoms with Crippen LogP contribution in [-0.4, -0.2) is 35.7 Å². The number of thioether (sulfide) groups is 1. The van der Waals surface area contributed by atoms with Gasteiger partial charge in [0, 0.05) is 18.3 Å². The molecule has 0 saturated heterocycles. The van der Waals surface area contributed by atoms with Crippen LogP contribution in [0, 0.1) is 13.8 Å². The van der Waals surface area contributed by atoms with E-state index in [0.717, 1.165) is 34.2 Å². The van der Waals surface area contributed by atoms with Gasteiger partial charge in [-0.15, -0.1) is 10.2 Å². The van der Waals surface area contributed by atoms with E-state index in [1.165, 1.54) is 17.3 Å². The lowest BCUT2D eigenvalue weighted by Gasteiger charge is -2.19. The number of hydrogen-bond donors (Lipinski definition) is 1. The van der Waals surface area contributed by atoms with Gasteiger partial charge >= 0.3 is 0 Å². The lowest BCUT2D eigenvalue weighted by atomic mass is 9.87. The largest absolute Gasteiger partial charge is 0.322 e. The van der Waals surface area contributed by atoms with E-state index in [-0.39, 0.29) is 11.3 Å². The van der Waals surface area contributed by atoms with Crippen LogP contribution >= 0.6 is 11.8 Å². The highest BCUT2D eigenvalue weighted by Crippen LogP contribution is 2.32. The Morgan fingerprint density at radius 2 is 1.66 bits per heavy atom. The maximum Gasteiger partial charge on any atom is 0.237 e. The Labute approximate surface area is 211 Å². The summed E-state index contributed by atoms with van der Waals surface area (Å²) in [7, 11) is 1.87. The van der Waals surface area contributed by atoms with E-state index < -0.39 is 5.25 Å². The van der Waals surface area contributed by atoms with Crippen LogP contribution in [0.15, 0.2) is 59.8 Å². The van der Waals surface area contributed by atoms with E-state index in [0.29, 0.717) is 5.16 Å². The van der Waals surface area contributed by atoms with Crippen LogP contribution in [0.25, 0.3) is 17.1 Å². The smallest absolute Gasteiger partial charge is 0.237 e. The fourth-order valence-electron chi connectivity index (χ4n) is 3.85. The Morgan fingerprint density at radius 1 is 1.00 bits per heavy atom. The molecule has 1 amide bonds. The van der Waals surface area contributed by atoms with Gasteiger partial charge in [-0.05, 0) is 43.9 Å². The highest BCUT2D eigenvalue weighted by Gasteiger charge is 2.24. The summed E-state index contributed by atoms with van der Waals surface area (Å²) in [6.07, 6.45) is 0. The van der Waals surface area contributed by atoms with Gasteiger partial charge in [0.15, 0.2) is 11.0 Å². The van der Waals surface area contributed by atoms with Crippen molar-refractivity contribution in [3.05, 3.63) is 71.5 Å². The second-order valence-corrected chi connectivity index (χ2v) is 11.0. The topological polar surface area (TPSA) is 77.6 Å². The summed E-state index contributed by atoms with van der Waals surface area (Å²) in [5, 5.41) is 16.7. The quantitative estimate of drug-likeness (QED) is 0.352. The lowest BCUT2D eigenvalue weighted by Crippen LogP contribution is -2.23. The van der Waals surface area contributed by atoms with Crippen LogP contribution in [0.5, 0.6) is 0 Å². The molecular formula is C27H32N6OS. The minimum absolute atomic E-state index is 0.0699. The van der Waals surface area contributed by atoms with Gasteiger partial charge in [0.1, 0.15) is 0 Å². The predicted molar refractivity (Wildman–Crippen MR) is 142 cm³/mol. The van der Waals surface area contributed by atoms with Crippen LogP contribution in [0.2, 0.25) is 0 Å². The molecular weight excluding hydrogens is 456 g/mol. The van der Waals surface area contributed by atoms with Gasteiger partial charge in [-0.2, -0.15) is 5.10 Å². The molecule has 0 aliphatic carbocycles. The molecule has 4 aromatic rings. The third kappa shape index (κ3) is 5.17. The van der Waals surface area contributed by atoms with Crippen molar-refractivity contribution in [2.45, 2.75) is 57.4 Å². The zero-order chi connectivity index (χ0) is 25.3. The molecule has 8 heteroatoms. The van der Waals surface area contributed by atoms with Gasteiger partial charge in [0.2, 0.25) is 5.91 Å². The second-order valence-electron chi connectivity index (χ2n) is 9.72. The fourth-order valence-corrected chi connectivity index (χ4v) is 4.72.